The van der Waals surface area contributed by atoms with Crippen LogP contribution in [-0.2, 0) is 9.53 Å². The first kappa shape index (κ1) is 8.05. The van der Waals surface area contributed by atoms with Crippen molar-refractivity contribution in [2.75, 3.05) is 7.11 Å². The molecule has 0 aliphatic heterocycles. The number of methoxy groups -OCH3 is 1. The van der Waals surface area contributed by atoms with Gasteiger partial charge in [0, 0.05) is 6.04 Å². The van der Waals surface area contributed by atoms with Gasteiger partial charge in [0.2, 0.25) is 0 Å². The smallest absolute Gasteiger partial charge is 0.307 e. The first-order valence-electron chi connectivity index (χ1n) is 4.50. The zero-order valence-electron chi connectivity index (χ0n) is 7.38. The molecule has 1 spiro atoms. The Hall–Kier alpha value is -0.570. The molecule has 2 aliphatic carbocycles. The summed E-state index contributed by atoms with van der Waals surface area (Å²) in [6.45, 7) is 0. The molecule has 3 heteroatoms. The third-order valence-electron chi connectivity index (χ3n) is 3.29. The van der Waals surface area contributed by atoms with Crippen LogP contribution in [0.4, 0.5) is 0 Å². The standard InChI is InChI=1S/C9H15NO2/c1-12-8(11)4-7(10)6-5-9(6)2-3-9/h6-7H,2-5,10H2,1H3/t6?,7-/m1/s1. The Kier molecular flexibility index (Phi) is 1.65. The van der Waals surface area contributed by atoms with E-state index < -0.39 is 0 Å². The fourth-order valence-corrected chi connectivity index (χ4v) is 2.14. The number of carbonyl (C=O) groups excluding carboxylic acids is 1. The predicted molar refractivity (Wildman–Crippen MR) is 44.4 cm³/mol. The number of rotatable bonds is 3. The van der Waals surface area contributed by atoms with Gasteiger partial charge in [0.1, 0.15) is 0 Å². The molecule has 2 fully saturated rings. The van der Waals surface area contributed by atoms with E-state index in [1.165, 1.54) is 26.4 Å². The Labute approximate surface area is 72.3 Å². The molecule has 2 N–H and O–H groups in total. The number of nitrogens with two attached hydrogens (primary N) is 1. The fourth-order valence-electron chi connectivity index (χ4n) is 2.14. The van der Waals surface area contributed by atoms with Gasteiger partial charge in [0.15, 0.2) is 0 Å². The highest BCUT2D eigenvalue weighted by Gasteiger charge is 2.64. The Bertz CT molecular complexity index is 211. The van der Waals surface area contributed by atoms with Crippen LogP contribution in [0.25, 0.3) is 0 Å². The first-order chi connectivity index (χ1) is 5.68. The van der Waals surface area contributed by atoms with Gasteiger partial charge in [-0.3, -0.25) is 4.79 Å². The summed E-state index contributed by atoms with van der Waals surface area (Å²) in [5.74, 6) is 0.432. The molecular weight excluding hydrogens is 154 g/mol. The van der Waals surface area contributed by atoms with Gasteiger partial charge in [0.05, 0.1) is 13.5 Å². The molecule has 2 rings (SSSR count). The lowest BCUT2D eigenvalue weighted by Gasteiger charge is -2.08. The van der Waals surface area contributed by atoms with E-state index in [-0.39, 0.29) is 12.0 Å². The summed E-state index contributed by atoms with van der Waals surface area (Å²) in [7, 11) is 1.41. The Morgan fingerprint density at radius 2 is 2.42 bits per heavy atom. The molecular formula is C9H15NO2. The van der Waals surface area contributed by atoms with Crippen molar-refractivity contribution in [3.05, 3.63) is 0 Å². The third-order valence-corrected chi connectivity index (χ3v) is 3.29. The van der Waals surface area contributed by atoms with Crippen LogP contribution in [0.5, 0.6) is 0 Å². The van der Waals surface area contributed by atoms with Crippen LogP contribution in [0.3, 0.4) is 0 Å². The van der Waals surface area contributed by atoms with Crippen LogP contribution in [0.15, 0.2) is 0 Å². The molecule has 1 unspecified atom stereocenters. The lowest BCUT2D eigenvalue weighted by Crippen LogP contribution is -2.27. The Morgan fingerprint density at radius 3 is 2.83 bits per heavy atom. The maximum absolute atomic E-state index is 10.9. The van der Waals surface area contributed by atoms with Gasteiger partial charge in [-0.25, -0.2) is 0 Å². The summed E-state index contributed by atoms with van der Waals surface area (Å²) in [5.41, 5.74) is 6.46. The summed E-state index contributed by atoms with van der Waals surface area (Å²) in [4.78, 5) is 10.9. The molecule has 0 aromatic rings. The zero-order valence-corrected chi connectivity index (χ0v) is 7.38. The lowest BCUT2D eigenvalue weighted by molar-refractivity contribution is -0.141. The molecule has 2 saturated carbocycles. The van der Waals surface area contributed by atoms with Crippen LogP contribution in [0, 0.1) is 11.3 Å². The quantitative estimate of drug-likeness (QED) is 0.632. The average molecular weight is 169 g/mol. The van der Waals surface area contributed by atoms with E-state index in [1.807, 2.05) is 0 Å². The number of hydrogen-bond acceptors (Lipinski definition) is 3. The van der Waals surface area contributed by atoms with Gasteiger partial charge < -0.3 is 10.5 Å². The topological polar surface area (TPSA) is 52.3 Å². The number of esters is 1. The molecule has 0 bridgehead atoms. The van der Waals surface area contributed by atoms with Crippen LogP contribution < -0.4 is 5.73 Å². The van der Waals surface area contributed by atoms with E-state index in [2.05, 4.69) is 4.74 Å². The average Bonchev–Trinajstić information content (AvgIpc) is 2.93. The molecule has 0 aromatic carbocycles. The molecule has 2 aliphatic rings. The highest BCUT2D eigenvalue weighted by atomic mass is 16.5. The molecule has 0 heterocycles. The minimum Gasteiger partial charge on any atom is -0.469 e. The molecule has 0 radical (unpaired) electrons. The molecule has 2 atom stereocenters. The summed E-state index contributed by atoms with van der Waals surface area (Å²) >= 11 is 0. The molecule has 0 aromatic heterocycles. The predicted octanol–water partition coefficient (Wildman–Crippen LogP) is 0.677. The van der Waals surface area contributed by atoms with Crippen molar-refractivity contribution in [2.45, 2.75) is 31.7 Å². The fraction of sp³-hybridized carbons (Fsp3) is 0.889. The van der Waals surface area contributed by atoms with Crippen molar-refractivity contribution < 1.29 is 9.53 Å². The highest BCUT2D eigenvalue weighted by molar-refractivity contribution is 5.70. The van der Waals surface area contributed by atoms with Crippen LogP contribution in [0.2, 0.25) is 0 Å². The van der Waals surface area contributed by atoms with Gasteiger partial charge in [-0.1, -0.05) is 0 Å². The maximum atomic E-state index is 10.9. The van der Waals surface area contributed by atoms with Crippen molar-refractivity contribution in [3.63, 3.8) is 0 Å². The van der Waals surface area contributed by atoms with E-state index in [0.29, 0.717) is 17.8 Å². The molecule has 68 valence electrons. The van der Waals surface area contributed by atoms with Gasteiger partial charge in [0.25, 0.3) is 0 Å². The summed E-state index contributed by atoms with van der Waals surface area (Å²) < 4.78 is 4.57. The number of carbonyl (C=O) groups is 1. The summed E-state index contributed by atoms with van der Waals surface area (Å²) in [6.07, 6.45) is 4.28. The van der Waals surface area contributed by atoms with Gasteiger partial charge >= 0.3 is 5.97 Å². The van der Waals surface area contributed by atoms with Crippen molar-refractivity contribution in [1.82, 2.24) is 0 Å². The van der Waals surface area contributed by atoms with Crippen molar-refractivity contribution in [1.29, 1.82) is 0 Å². The maximum Gasteiger partial charge on any atom is 0.307 e. The van der Waals surface area contributed by atoms with E-state index in [1.54, 1.807) is 0 Å². The Balaban J connectivity index is 1.78. The van der Waals surface area contributed by atoms with E-state index in [9.17, 15) is 4.79 Å². The second-order valence-corrected chi connectivity index (χ2v) is 4.12. The van der Waals surface area contributed by atoms with Crippen molar-refractivity contribution >= 4 is 5.97 Å². The van der Waals surface area contributed by atoms with Crippen LogP contribution in [0.1, 0.15) is 25.7 Å². The SMILES string of the molecule is COC(=O)C[C@@H](N)C1CC12CC2. The largest absolute Gasteiger partial charge is 0.469 e. The second kappa shape index (κ2) is 2.46. The Morgan fingerprint density at radius 1 is 1.75 bits per heavy atom. The zero-order chi connectivity index (χ0) is 8.77. The van der Waals surface area contributed by atoms with Crippen LogP contribution in [-0.4, -0.2) is 19.1 Å². The lowest BCUT2D eigenvalue weighted by atomic mass is 10.1. The minimum atomic E-state index is -0.176. The van der Waals surface area contributed by atoms with Crippen molar-refractivity contribution in [3.8, 4) is 0 Å². The van der Waals surface area contributed by atoms with Gasteiger partial charge in [-0.15, -0.1) is 0 Å². The summed E-state index contributed by atoms with van der Waals surface area (Å²) in [6, 6.07) is 0.0416. The summed E-state index contributed by atoms with van der Waals surface area (Å²) in [5, 5.41) is 0. The molecule has 0 saturated heterocycles. The van der Waals surface area contributed by atoms with Crippen molar-refractivity contribution in [2.24, 2.45) is 17.1 Å². The van der Waals surface area contributed by atoms with E-state index in [4.69, 9.17) is 5.73 Å². The highest BCUT2D eigenvalue weighted by Crippen LogP contribution is 2.71. The normalized spacial score (nSPS) is 31.3. The van der Waals surface area contributed by atoms with Gasteiger partial charge in [-0.05, 0) is 30.6 Å². The third kappa shape index (κ3) is 1.22. The molecule has 12 heavy (non-hydrogen) atoms. The second-order valence-electron chi connectivity index (χ2n) is 4.12. The first-order valence-corrected chi connectivity index (χ1v) is 4.50. The van der Waals surface area contributed by atoms with Gasteiger partial charge in [-0.2, -0.15) is 0 Å². The minimum absolute atomic E-state index is 0.0416. The number of ether oxygens (including phenoxy) is 1. The van der Waals surface area contributed by atoms with E-state index >= 15 is 0 Å². The van der Waals surface area contributed by atoms with E-state index in [0.717, 1.165) is 0 Å². The van der Waals surface area contributed by atoms with Crippen LogP contribution >= 0.6 is 0 Å². The molecule has 0 amide bonds. The monoisotopic (exact) mass is 169 g/mol. The number of hydrogen-bond donors (Lipinski definition) is 1. The molecule has 3 nitrogen and oxygen atoms in total.